The summed E-state index contributed by atoms with van der Waals surface area (Å²) in [6.07, 6.45) is -3.26. The van der Waals surface area contributed by atoms with Crippen molar-refractivity contribution >= 4 is 35.9 Å². The Morgan fingerprint density at radius 1 is 1.05 bits per heavy atom. The smallest absolute Gasteiger partial charge is 0.458 e. The Balaban J connectivity index is 1.50. The monoisotopic (exact) mass is 843 g/mol. The van der Waals surface area contributed by atoms with Gasteiger partial charge in [0.2, 0.25) is 5.89 Å². The minimum Gasteiger partial charge on any atom is -0.458 e. The Bertz CT molecular complexity index is 1890. The summed E-state index contributed by atoms with van der Waals surface area (Å²) in [6.45, 7) is 11.7. The number of hydrogen-bond donors (Lipinski definition) is 2. The summed E-state index contributed by atoms with van der Waals surface area (Å²) in [4.78, 5) is 74.9. The highest BCUT2D eigenvalue weighted by atomic mass is 19.1. The van der Waals surface area contributed by atoms with Gasteiger partial charge in [-0.2, -0.15) is 0 Å². The first-order valence-electron chi connectivity index (χ1n) is 20.3. The van der Waals surface area contributed by atoms with Crippen LogP contribution < -0.4 is 5.32 Å². The van der Waals surface area contributed by atoms with Gasteiger partial charge in [0.15, 0.2) is 17.7 Å². The van der Waals surface area contributed by atoms with Crippen molar-refractivity contribution in [2.45, 2.75) is 129 Å². The Labute approximate surface area is 349 Å². The van der Waals surface area contributed by atoms with Gasteiger partial charge in [-0.3, -0.25) is 14.4 Å². The van der Waals surface area contributed by atoms with Gasteiger partial charge in [0.05, 0.1) is 18.3 Å². The maximum Gasteiger partial charge on any atom is 0.509 e. The number of nitrogens with one attached hydrogen (secondary N) is 1. The van der Waals surface area contributed by atoms with E-state index in [9.17, 15) is 29.1 Å². The van der Waals surface area contributed by atoms with Gasteiger partial charge in [-0.25, -0.2) is 19.0 Å². The van der Waals surface area contributed by atoms with Crippen LogP contribution in [0.15, 0.2) is 47.0 Å². The number of Topliss-reactive ketones (excluding diaryl/α,β-unsaturated/α-hetero) is 2. The zero-order chi connectivity index (χ0) is 44.3. The molecule has 60 heavy (non-hydrogen) atoms. The summed E-state index contributed by atoms with van der Waals surface area (Å²) < 4.78 is 56.1. The highest BCUT2D eigenvalue weighted by Gasteiger charge is 2.57. The first-order chi connectivity index (χ1) is 28.2. The molecule has 0 saturated carbocycles. The summed E-state index contributed by atoms with van der Waals surface area (Å²) >= 11 is 0. The van der Waals surface area contributed by atoms with Crippen LogP contribution >= 0.6 is 0 Å². The second-order valence-corrected chi connectivity index (χ2v) is 16.9. The van der Waals surface area contributed by atoms with E-state index in [4.69, 9.17) is 32.8 Å². The molecule has 0 spiro atoms. The van der Waals surface area contributed by atoms with E-state index in [1.807, 2.05) is 4.90 Å². The lowest BCUT2D eigenvalue weighted by molar-refractivity contribution is -0.293. The molecule has 330 valence electrons. The number of benzene rings is 1. The van der Waals surface area contributed by atoms with Gasteiger partial charge in [-0.15, -0.1) is 0 Å². The van der Waals surface area contributed by atoms with Crippen molar-refractivity contribution in [1.29, 1.82) is 0 Å². The third-order valence-electron chi connectivity index (χ3n) is 12.0. The topological polar surface area (TPSA) is 202 Å². The zero-order valence-corrected chi connectivity index (χ0v) is 35.8. The van der Waals surface area contributed by atoms with Crippen LogP contribution in [0.4, 0.5) is 14.0 Å². The first kappa shape index (κ1) is 46.4. The van der Waals surface area contributed by atoms with E-state index < -0.39 is 114 Å². The summed E-state index contributed by atoms with van der Waals surface area (Å²) in [5.74, 6) is -6.97. The van der Waals surface area contributed by atoms with Crippen molar-refractivity contribution in [3.63, 3.8) is 0 Å². The minimum atomic E-state index is -1.94. The van der Waals surface area contributed by atoms with E-state index in [-0.39, 0.29) is 18.6 Å². The third-order valence-corrected chi connectivity index (χ3v) is 12.0. The van der Waals surface area contributed by atoms with Gasteiger partial charge in [0.25, 0.3) is 0 Å². The molecule has 1 aromatic heterocycles. The number of aromatic nitrogens is 1. The van der Waals surface area contributed by atoms with Gasteiger partial charge >= 0.3 is 18.2 Å². The van der Waals surface area contributed by atoms with Crippen molar-refractivity contribution in [2.24, 2.45) is 23.7 Å². The standard InChI is InChI=1S/C43H58FN3O13/c1-11-31-43(8)35(46-40(52)59-43)24(4)32(48)22(2)20-42(7,60-41(53)55-21-29(44)19-27-12-14-28(15-13-27)37-45-16-17-54-37)36(25(5)33(49)26(6)38(51)57-31)58-39-34(50)30(47(9)10)18-23(3)56-39/h12-17,19,22-26,30-31,34-36,39,50H,11,18,20-21H2,1-10H3,(H,46,52)/b29-19-/t22-,23-,24+,25+,26-,30+,31-,34-,35-,36-,39+,42-,43-/m1/s1. The second kappa shape index (κ2) is 18.9. The molecule has 13 atom stereocenters. The van der Waals surface area contributed by atoms with Gasteiger partial charge in [-0.05, 0) is 84.8 Å². The number of hydrogen-bond acceptors (Lipinski definition) is 15. The average Bonchev–Trinajstić information content (AvgIpc) is 3.85. The largest absolute Gasteiger partial charge is 0.509 e. The fourth-order valence-electron chi connectivity index (χ4n) is 8.74. The second-order valence-electron chi connectivity index (χ2n) is 16.9. The van der Waals surface area contributed by atoms with Crippen LogP contribution in [-0.2, 0) is 42.8 Å². The van der Waals surface area contributed by atoms with E-state index in [0.29, 0.717) is 23.4 Å². The molecule has 3 fully saturated rings. The van der Waals surface area contributed by atoms with Crippen LogP contribution in [0.1, 0.15) is 80.2 Å². The number of nitrogens with zero attached hydrogens (tertiary/aromatic N) is 2. The number of ether oxygens (including phenoxy) is 6. The number of aliphatic hydroxyl groups is 1. The van der Waals surface area contributed by atoms with Crippen LogP contribution in [0.3, 0.4) is 0 Å². The number of oxazole rings is 1. The van der Waals surface area contributed by atoms with E-state index in [0.717, 1.165) is 6.08 Å². The van der Waals surface area contributed by atoms with E-state index in [1.54, 1.807) is 73.0 Å². The summed E-state index contributed by atoms with van der Waals surface area (Å²) in [5, 5.41) is 14.2. The Morgan fingerprint density at radius 3 is 2.35 bits per heavy atom. The number of ketones is 2. The number of fused-ring (bicyclic) bond motifs is 1. The molecule has 1 aromatic carbocycles. The van der Waals surface area contributed by atoms with Crippen LogP contribution in [0, 0.1) is 23.7 Å². The molecule has 3 aliphatic heterocycles. The van der Waals surface area contributed by atoms with E-state index >= 15 is 4.39 Å². The van der Waals surface area contributed by atoms with Gasteiger partial charge in [0.1, 0.15) is 54.3 Å². The van der Waals surface area contributed by atoms with Gasteiger partial charge in [0, 0.05) is 29.4 Å². The molecule has 0 radical (unpaired) electrons. The minimum absolute atomic E-state index is 0.189. The normalized spacial score (nSPS) is 35.8. The lowest BCUT2D eigenvalue weighted by atomic mass is 9.73. The number of cyclic esters (lactones) is 1. The van der Waals surface area contributed by atoms with Gasteiger partial charge < -0.3 is 48.2 Å². The molecule has 2 aromatic rings. The van der Waals surface area contributed by atoms with E-state index in [2.05, 4.69) is 10.3 Å². The number of aliphatic hydroxyl groups excluding tert-OH is 1. The zero-order valence-electron chi connectivity index (χ0n) is 35.8. The summed E-state index contributed by atoms with van der Waals surface area (Å²) in [6, 6.07) is 5.23. The molecule has 2 N–H and O–H groups in total. The predicted octanol–water partition coefficient (Wildman–Crippen LogP) is 5.65. The Hall–Kier alpha value is -4.71. The number of carbonyl (C=O) groups is 5. The molecule has 17 heteroatoms. The number of likely N-dealkylation sites (N-methyl/N-ethyl adjacent to an activating group) is 1. The fraction of sp³-hybridized carbons (Fsp3) is 0.628. The summed E-state index contributed by atoms with van der Waals surface area (Å²) in [5.41, 5.74) is -2.31. The van der Waals surface area contributed by atoms with Crippen molar-refractivity contribution in [3.8, 4) is 11.5 Å². The molecular formula is C43H58FN3O13. The number of halogens is 1. The predicted molar refractivity (Wildman–Crippen MR) is 212 cm³/mol. The van der Waals surface area contributed by atoms with Gasteiger partial charge in [-0.1, -0.05) is 39.8 Å². The van der Waals surface area contributed by atoms with Crippen LogP contribution in [-0.4, -0.2) is 119 Å². The van der Waals surface area contributed by atoms with Crippen molar-refractivity contribution in [1.82, 2.24) is 15.2 Å². The first-order valence-corrected chi connectivity index (χ1v) is 20.3. The third kappa shape index (κ3) is 10.1. The number of esters is 1. The number of rotatable bonds is 9. The van der Waals surface area contributed by atoms with Crippen molar-refractivity contribution < 1.29 is 66.3 Å². The Kier molecular flexibility index (Phi) is 14.6. The molecular weight excluding hydrogens is 785 g/mol. The molecule has 4 heterocycles. The summed E-state index contributed by atoms with van der Waals surface area (Å²) in [7, 11) is 3.57. The molecule has 0 unspecified atom stereocenters. The van der Waals surface area contributed by atoms with Crippen molar-refractivity contribution in [3.05, 3.63) is 48.1 Å². The quantitative estimate of drug-likeness (QED) is 0.178. The van der Waals surface area contributed by atoms with Crippen LogP contribution in [0.5, 0.6) is 0 Å². The maximum atomic E-state index is 15.3. The van der Waals surface area contributed by atoms with Crippen molar-refractivity contribution in [2.75, 3.05) is 20.7 Å². The van der Waals surface area contributed by atoms with E-state index in [1.165, 1.54) is 33.2 Å². The van der Waals surface area contributed by atoms with Crippen LogP contribution in [0.2, 0.25) is 0 Å². The lowest BCUT2D eigenvalue weighted by Crippen LogP contribution is -2.60. The lowest BCUT2D eigenvalue weighted by Gasteiger charge is -2.46. The highest BCUT2D eigenvalue weighted by Crippen LogP contribution is 2.40. The molecule has 0 bridgehead atoms. The maximum absolute atomic E-state index is 15.3. The SMILES string of the molecule is CC[C@H]1OC(=O)[C@H](C)C(=O)[C@H](C)[C@@H](O[C@@H]2O[C@H](C)C[C@H](N(C)C)[C@H]2O)[C@](C)(OC(=O)OC/C(F)=C/c2ccc(-c3ncco3)cc2)C[C@@H](C)C(=O)[C@H](C)[C@H]2NC(=O)O[C@@]21C. The molecule has 3 aliphatic rings. The number of carbonyl (C=O) groups excluding carboxylic acids is 5. The molecule has 0 aliphatic carbocycles. The molecule has 16 nitrogen and oxygen atoms in total. The average molecular weight is 844 g/mol. The molecule has 5 rings (SSSR count). The number of amides is 1. The molecule has 1 amide bonds. The Morgan fingerprint density at radius 2 is 1.73 bits per heavy atom. The van der Waals surface area contributed by atoms with Crippen LogP contribution in [0.25, 0.3) is 17.5 Å². The fourth-order valence-corrected chi connectivity index (χ4v) is 8.74. The molecule has 3 saturated heterocycles. The number of alkyl carbamates (subject to hydrolysis) is 1. The highest BCUT2D eigenvalue weighted by molar-refractivity contribution is 6.00.